The molecular formula is C11H13F2N. The van der Waals surface area contributed by atoms with Gasteiger partial charge in [0, 0.05) is 12.1 Å². The minimum absolute atomic E-state index is 0.208. The summed E-state index contributed by atoms with van der Waals surface area (Å²) in [5.74, 6) is -0.634. The van der Waals surface area contributed by atoms with Crippen LogP contribution in [0.25, 0.3) is 0 Å². The van der Waals surface area contributed by atoms with E-state index in [-0.39, 0.29) is 6.04 Å². The quantitative estimate of drug-likeness (QED) is 0.775. The van der Waals surface area contributed by atoms with Crippen molar-refractivity contribution in [2.75, 3.05) is 0 Å². The molecule has 14 heavy (non-hydrogen) atoms. The van der Waals surface area contributed by atoms with E-state index in [1.165, 1.54) is 6.07 Å². The number of rotatable bonds is 2. The topological polar surface area (TPSA) is 26.0 Å². The molecule has 1 unspecified atom stereocenters. The predicted molar refractivity (Wildman–Crippen MR) is 50.7 cm³/mol. The average molecular weight is 197 g/mol. The minimum Gasteiger partial charge on any atom is -0.324 e. The van der Waals surface area contributed by atoms with Crippen molar-refractivity contribution in [3.05, 3.63) is 34.9 Å². The summed E-state index contributed by atoms with van der Waals surface area (Å²) in [6, 6.07) is 2.04. The molecule has 1 aromatic rings. The number of hydrogen-bond donors (Lipinski definition) is 1. The maximum absolute atomic E-state index is 13.2. The van der Waals surface area contributed by atoms with Gasteiger partial charge in [-0.15, -0.1) is 0 Å². The Morgan fingerprint density at radius 1 is 1.36 bits per heavy atom. The molecule has 0 aliphatic heterocycles. The van der Waals surface area contributed by atoms with Gasteiger partial charge < -0.3 is 5.73 Å². The second kappa shape index (κ2) is 3.31. The van der Waals surface area contributed by atoms with Crippen molar-refractivity contribution >= 4 is 0 Å². The summed E-state index contributed by atoms with van der Waals surface area (Å²) in [6.07, 6.45) is 2.14. The Balaban J connectivity index is 2.39. The van der Waals surface area contributed by atoms with Gasteiger partial charge in [0.15, 0.2) is 0 Å². The van der Waals surface area contributed by atoms with Gasteiger partial charge >= 0.3 is 0 Å². The lowest BCUT2D eigenvalue weighted by Gasteiger charge is -2.14. The predicted octanol–water partition coefficient (Wildman–Crippen LogP) is 2.68. The molecule has 1 aliphatic rings. The molecule has 0 saturated heterocycles. The molecule has 0 radical (unpaired) electrons. The van der Waals surface area contributed by atoms with E-state index >= 15 is 0 Å². The largest absolute Gasteiger partial charge is 0.324 e. The first kappa shape index (κ1) is 9.59. The SMILES string of the molecule is Cc1c(F)cc(F)cc1C(N)C1CC1. The summed E-state index contributed by atoms with van der Waals surface area (Å²) in [5, 5.41) is 0. The fourth-order valence-electron chi connectivity index (χ4n) is 1.72. The van der Waals surface area contributed by atoms with Gasteiger partial charge in [0.2, 0.25) is 0 Å². The van der Waals surface area contributed by atoms with Crippen molar-refractivity contribution in [3.8, 4) is 0 Å². The summed E-state index contributed by atoms with van der Waals surface area (Å²) < 4.78 is 26.1. The van der Waals surface area contributed by atoms with Crippen molar-refractivity contribution in [2.24, 2.45) is 11.7 Å². The Morgan fingerprint density at radius 2 is 2.00 bits per heavy atom. The molecule has 2 rings (SSSR count). The Kier molecular flexibility index (Phi) is 2.27. The molecule has 0 aromatic heterocycles. The van der Waals surface area contributed by atoms with Crippen molar-refractivity contribution in [2.45, 2.75) is 25.8 Å². The maximum Gasteiger partial charge on any atom is 0.129 e. The molecule has 2 N–H and O–H groups in total. The van der Waals surface area contributed by atoms with Crippen molar-refractivity contribution in [3.63, 3.8) is 0 Å². The second-order valence-electron chi connectivity index (χ2n) is 3.97. The first-order valence-electron chi connectivity index (χ1n) is 4.80. The Morgan fingerprint density at radius 3 is 2.57 bits per heavy atom. The van der Waals surface area contributed by atoms with Crippen LogP contribution in [0.4, 0.5) is 8.78 Å². The molecule has 0 heterocycles. The van der Waals surface area contributed by atoms with E-state index in [0.717, 1.165) is 18.9 Å². The molecule has 3 heteroatoms. The number of halogens is 2. The molecule has 1 atom stereocenters. The van der Waals surface area contributed by atoms with Crippen LogP contribution in [0.2, 0.25) is 0 Å². The minimum atomic E-state index is -0.542. The third kappa shape index (κ3) is 1.64. The fourth-order valence-corrected chi connectivity index (χ4v) is 1.72. The van der Waals surface area contributed by atoms with Crippen molar-refractivity contribution in [1.29, 1.82) is 0 Å². The Hall–Kier alpha value is -0.960. The van der Waals surface area contributed by atoms with Gasteiger partial charge in [-0.2, -0.15) is 0 Å². The van der Waals surface area contributed by atoms with E-state index in [2.05, 4.69) is 0 Å². The molecular weight excluding hydrogens is 184 g/mol. The van der Waals surface area contributed by atoms with Crippen molar-refractivity contribution in [1.82, 2.24) is 0 Å². The van der Waals surface area contributed by atoms with Gasteiger partial charge in [-0.1, -0.05) is 0 Å². The van der Waals surface area contributed by atoms with Crippen LogP contribution in [0, 0.1) is 24.5 Å². The van der Waals surface area contributed by atoms with Crippen LogP contribution in [0.15, 0.2) is 12.1 Å². The summed E-state index contributed by atoms with van der Waals surface area (Å²) in [7, 11) is 0. The van der Waals surface area contributed by atoms with Crippen molar-refractivity contribution < 1.29 is 8.78 Å². The molecule has 76 valence electrons. The fraction of sp³-hybridized carbons (Fsp3) is 0.455. The summed E-state index contributed by atoms with van der Waals surface area (Å²) in [5.41, 5.74) is 7.00. The number of hydrogen-bond acceptors (Lipinski definition) is 1. The molecule has 1 aliphatic carbocycles. The molecule has 0 amide bonds. The van der Waals surface area contributed by atoms with Crippen LogP contribution in [0.5, 0.6) is 0 Å². The first-order valence-corrected chi connectivity index (χ1v) is 4.80. The standard InChI is InChI=1S/C11H13F2N/c1-6-9(11(14)7-2-3-7)4-8(12)5-10(6)13/h4-5,7,11H,2-3,14H2,1H3. The van der Waals surface area contributed by atoms with Crippen LogP contribution in [0.3, 0.4) is 0 Å². The molecule has 1 nitrogen and oxygen atoms in total. The molecule has 1 fully saturated rings. The van der Waals surface area contributed by atoms with E-state index in [1.54, 1.807) is 6.92 Å². The highest BCUT2D eigenvalue weighted by Gasteiger charge is 2.31. The van der Waals surface area contributed by atoms with Gasteiger partial charge in [0.1, 0.15) is 11.6 Å². The van der Waals surface area contributed by atoms with E-state index < -0.39 is 11.6 Å². The summed E-state index contributed by atoms with van der Waals surface area (Å²) in [6.45, 7) is 1.65. The van der Waals surface area contributed by atoms with Gasteiger partial charge in [-0.25, -0.2) is 8.78 Å². The van der Waals surface area contributed by atoms with Gasteiger partial charge in [-0.05, 0) is 42.9 Å². The van der Waals surface area contributed by atoms with Gasteiger partial charge in [-0.3, -0.25) is 0 Å². The lowest BCUT2D eigenvalue weighted by molar-refractivity contribution is 0.555. The second-order valence-corrected chi connectivity index (χ2v) is 3.97. The van der Waals surface area contributed by atoms with Crippen LogP contribution in [-0.4, -0.2) is 0 Å². The highest BCUT2D eigenvalue weighted by molar-refractivity contribution is 5.31. The molecule has 0 bridgehead atoms. The van der Waals surface area contributed by atoms with Crippen LogP contribution in [-0.2, 0) is 0 Å². The summed E-state index contributed by atoms with van der Waals surface area (Å²) >= 11 is 0. The molecule has 0 spiro atoms. The Labute approximate surface area is 81.9 Å². The first-order chi connectivity index (χ1) is 6.59. The number of benzene rings is 1. The number of nitrogens with two attached hydrogens (primary N) is 1. The molecule has 1 aromatic carbocycles. The normalized spacial score (nSPS) is 18.3. The smallest absolute Gasteiger partial charge is 0.129 e. The third-order valence-corrected chi connectivity index (χ3v) is 2.84. The zero-order valence-electron chi connectivity index (χ0n) is 8.06. The zero-order chi connectivity index (χ0) is 10.3. The lowest BCUT2D eigenvalue weighted by Crippen LogP contribution is -2.14. The average Bonchev–Trinajstić information content (AvgIpc) is 2.93. The maximum atomic E-state index is 13.2. The van der Waals surface area contributed by atoms with Crippen LogP contribution in [0.1, 0.15) is 30.0 Å². The van der Waals surface area contributed by atoms with Crippen LogP contribution < -0.4 is 5.73 Å². The van der Waals surface area contributed by atoms with Gasteiger partial charge in [0.25, 0.3) is 0 Å². The highest BCUT2D eigenvalue weighted by Crippen LogP contribution is 2.40. The van der Waals surface area contributed by atoms with Crippen LogP contribution >= 0.6 is 0 Å². The van der Waals surface area contributed by atoms with E-state index in [9.17, 15) is 8.78 Å². The monoisotopic (exact) mass is 197 g/mol. The lowest BCUT2D eigenvalue weighted by atomic mass is 9.98. The third-order valence-electron chi connectivity index (χ3n) is 2.84. The van der Waals surface area contributed by atoms with E-state index in [4.69, 9.17) is 5.73 Å². The van der Waals surface area contributed by atoms with E-state index in [0.29, 0.717) is 17.0 Å². The summed E-state index contributed by atoms with van der Waals surface area (Å²) in [4.78, 5) is 0. The van der Waals surface area contributed by atoms with Gasteiger partial charge in [0.05, 0.1) is 0 Å². The Bertz CT molecular complexity index is 359. The highest BCUT2D eigenvalue weighted by atomic mass is 19.1. The molecule has 1 saturated carbocycles. The van der Waals surface area contributed by atoms with E-state index in [1.807, 2.05) is 0 Å². The zero-order valence-corrected chi connectivity index (χ0v) is 8.06.